The van der Waals surface area contributed by atoms with Crippen LogP contribution in [0.3, 0.4) is 0 Å². The zero-order chi connectivity index (χ0) is 11.5. The number of rotatable bonds is 0. The van der Waals surface area contributed by atoms with Crippen LogP contribution in [-0.2, 0) is 17.6 Å². The number of hydrogen-bond donors (Lipinski definition) is 0. The van der Waals surface area contributed by atoms with Crippen molar-refractivity contribution in [1.29, 1.82) is 0 Å². The minimum absolute atomic E-state index is 0.889. The van der Waals surface area contributed by atoms with Crippen molar-refractivity contribution in [3.63, 3.8) is 0 Å². The molecule has 2 aromatic rings. The topological polar surface area (TPSA) is 0 Å². The number of hydrogen-bond acceptors (Lipinski definition) is 0. The first-order valence-electron chi connectivity index (χ1n) is 4.49. The molecule has 0 fully saturated rings. The molecule has 0 radical (unpaired) electrons. The average Bonchev–Trinajstić information content (AvgIpc) is 2.81. The molecule has 0 aliphatic heterocycles. The molecule has 0 aliphatic carbocycles. The third-order valence-electron chi connectivity index (χ3n) is 1.66. The summed E-state index contributed by atoms with van der Waals surface area (Å²) in [5.74, 6) is 0. The van der Waals surface area contributed by atoms with Gasteiger partial charge in [-0.1, -0.05) is 13.8 Å². The Hall–Kier alpha value is 0.0203. The van der Waals surface area contributed by atoms with Crippen LogP contribution in [0.15, 0.2) is 48.5 Å². The summed E-state index contributed by atoms with van der Waals surface area (Å²) in [6.45, 7) is 4.17. The van der Waals surface area contributed by atoms with Gasteiger partial charge >= 0.3 is 36.0 Å². The Balaban J connectivity index is 0.000000210. The molecule has 0 saturated heterocycles. The summed E-state index contributed by atoms with van der Waals surface area (Å²) >= 11 is -0.889. The van der Waals surface area contributed by atoms with Crippen LogP contribution in [-0.4, -0.2) is 0 Å². The Bertz CT molecular complexity index is 266. The van der Waals surface area contributed by atoms with Gasteiger partial charge in [-0.05, 0) is 0 Å². The third-order valence-corrected chi connectivity index (χ3v) is 1.66. The maximum atomic E-state index is 4.94. The summed E-state index contributed by atoms with van der Waals surface area (Å²) in [5.41, 5.74) is 2.69. The molecule has 0 amide bonds. The van der Waals surface area contributed by atoms with Crippen LogP contribution in [0, 0.1) is 13.8 Å². The summed E-state index contributed by atoms with van der Waals surface area (Å²) in [6.07, 6.45) is 0. The van der Waals surface area contributed by atoms with Crippen molar-refractivity contribution in [3.8, 4) is 0 Å². The van der Waals surface area contributed by atoms with Crippen molar-refractivity contribution < 1.29 is 17.6 Å². The van der Waals surface area contributed by atoms with Gasteiger partial charge in [-0.25, -0.2) is 24.3 Å². The fourth-order valence-electron chi connectivity index (χ4n) is 0.940. The van der Waals surface area contributed by atoms with E-state index in [0.29, 0.717) is 0 Å². The van der Waals surface area contributed by atoms with Crippen LogP contribution in [0.5, 0.6) is 0 Å². The first kappa shape index (κ1) is 15.0. The van der Waals surface area contributed by atoms with Crippen LogP contribution < -0.4 is 0 Å². The molecular weight excluding hydrogens is 396 g/mol. The fourth-order valence-corrected chi connectivity index (χ4v) is 0.940. The van der Waals surface area contributed by atoms with Crippen molar-refractivity contribution in [2.75, 3.05) is 0 Å². The summed E-state index contributed by atoms with van der Waals surface area (Å²) < 4.78 is 0. The van der Waals surface area contributed by atoms with Gasteiger partial charge < -0.3 is 0 Å². The van der Waals surface area contributed by atoms with Crippen LogP contribution >= 0.6 is 18.4 Å². The molecule has 3 heteroatoms. The molecule has 83 valence electrons. The van der Waals surface area contributed by atoms with Gasteiger partial charge in [-0.2, -0.15) is 35.4 Å². The first-order valence-corrected chi connectivity index (χ1v) is 12.5. The minimum atomic E-state index is -0.889. The molecule has 0 N–H and O–H groups in total. The number of aryl methyl sites for hydroxylation is 2. The van der Waals surface area contributed by atoms with Gasteiger partial charge in [0.2, 0.25) is 0 Å². The SMILES string of the molecule is C[c-]1cccc1.C[c-]1cccc1.[Cl][Ta][Cl]. The first-order chi connectivity index (χ1) is 7.20. The van der Waals surface area contributed by atoms with Gasteiger partial charge in [-0.3, -0.25) is 0 Å². The molecule has 0 atom stereocenters. The zero-order valence-corrected chi connectivity index (χ0v) is 13.5. The van der Waals surface area contributed by atoms with Gasteiger partial charge in [0, 0.05) is 0 Å². The molecule has 0 bridgehead atoms. The molecule has 15 heavy (non-hydrogen) atoms. The Kier molecular flexibility index (Phi) is 10.5. The van der Waals surface area contributed by atoms with E-state index >= 15 is 0 Å². The summed E-state index contributed by atoms with van der Waals surface area (Å²) in [5, 5.41) is 0. The van der Waals surface area contributed by atoms with E-state index in [4.69, 9.17) is 18.4 Å². The van der Waals surface area contributed by atoms with E-state index in [1.165, 1.54) is 11.1 Å². The van der Waals surface area contributed by atoms with E-state index in [-0.39, 0.29) is 0 Å². The second kappa shape index (κ2) is 10.5. The van der Waals surface area contributed by atoms with Crippen LogP contribution in [0.1, 0.15) is 11.1 Å². The van der Waals surface area contributed by atoms with Crippen molar-refractivity contribution in [3.05, 3.63) is 59.7 Å². The van der Waals surface area contributed by atoms with Crippen molar-refractivity contribution in [2.24, 2.45) is 0 Å². The summed E-state index contributed by atoms with van der Waals surface area (Å²) in [4.78, 5) is 0. The van der Waals surface area contributed by atoms with Gasteiger partial charge in [-0.15, -0.1) is 0 Å². The second-order valence-electron chi connectivity index (χ2n) is 2.99. The van der Waals surface area contributed by atoms with E-state index in [9.17, 15) is 0 Å². The standard InChI is InChI=1S/2C6H7.2ClH.Ta/c2*1-6-4-2-3-5-6;;;/h2*2-5H,1H3;2*1H;/q2*-1;;;+2/p-2. The van der Waals surface area contributed by atoms with E-state index in [2.05, 4.69) is 38.1 Å². The van der Waals surface area contributed by atoms with E-state index in [1.54, 1.807) is 0 Å². The average molecular weight is 410 g/mol. The van der Waals surface area contributed by atoms with Crippen LogP contribution in [0.4, 0.5) is 0 Å². The zero-order valence-electron chi connectivity index (χ0n) is 8.82. The number of halogens is 2. The van der Waals surface area contributed by atoms with Crippen LogP contribution in [0.2, 0.25) is 0 Å². The monoisotopic (exact) mass is 409 g/mol. The maximum absolute atomic E-state index is 4.94. The van der Waals surface area contributed by atoms with Gasteiger partial charge in [0.25, 0.3) is 0 Å². The third kappa shape index (κ3) is 10.3. The van der Waals surface area contributed by atoms with Crippen LogP contribution in [0.25, 0.3) is 0 Å². The van der Waals surface area contributed by atoms with E-state index in [1.807, 2.05) is 24.3 Å². The van der Waals surface area contributed by atoms with E-state index < -0.39 is 17.6 Å². The second-order valence-corrected chi connectivity index (χ2v) is 7.63. The molecule has 0 aromatic heterocycles. The molecule has 0 heterocycles. The molecule has 0 aliphatic rings. The quantitative estimate of drug-likeness (QED) is 0.548. The molecular formula is C12H14Cl2Ta-2. The molecule has 0 nitrogen and oxygen atoms in total. The molecule has 2 rings (SSSR count). The van der Waals surface area contributed by atoms with E-state index in [0.717, 1.165) is 0 Å². The molecule has 0 spiro atoms. The Morgan fingerprint density at radius 1 is 0.733 bits per heavy atom. The van der Waals surface area contributed by atoms with Crippen molar-refractivity contribution >= 4 is 18.4 Å². The summed E-state index contributed by atoms with van der Waals surface area (Å²) in [7, 11) is 9.89. The molecule has 0 unspecified atom stereocenters. The normalized spacial score (nSPS) is 8.00. The Morgan fingerprint density at radius 3 is 1.00 bits per heavy atom. The molecule has 2 aromatic carbocycles. The fraction of sp³-hybridized carbons (Fsp3) is 0.167. The Morgan fingerprint density at radius 2 is 0.933 bits per heavy atom. The predicted molar refractivity (Wildman–Crippen MR) is 65.3 cm³/mol. The van der Waals surface area contributed by atoms with Crippen molar-refractivity contribution in [2.45, 2.75) is 13.8 Å². The summed E-state index contributed by atoms with van der Waals surface area (Å²) in [6, 6.07) is 16.5. The van der Waals surface area contributed by atoms with Gasteiger partial charge in [0.1, 0.15) is 0 Å². The Labute approximate surface area is 109 Å². The van der Waals surface area contributed by atoms with Crippen molar-refractivity contribution in [1.82, 2.24) is 0 Å². The van der Waals surface area contributed by atoms with Gasteiger partial charge in [0.15, 0.2) is 0 Å². The molecule has 0 saturated carbocycles. The van der Waals surface area contributed by atoms with Gasteiger partial charge in [0.05, 0.1) is 0 Å². The predicted octanol–water partition coefficient (Wildman–Crippen LogP) is 4.80.